The molecule has 1 heterocycles. The monoisotopic (exact) mass is 288 g/mol. The number of imidazole rings is 1. The molecule has 0 bridgehead atoms. The van der Waals surface area contributed by atoms with Gasteiger partial charge in [0.25, 0.3) is 0 Å². The van der Waals surface area contributed by atoms with Crippen molar-refractivity contribution in [3.63, 3.8) is 0 Å². The van der Waals surface area contributed by atoms with Crippen LogP contribution in [0, 0.1) is 0 Å². The largest absolute Gasteiger partial charge is 0.380 e. The number of nitrogens with zero attached hydrogens (tertiary/aromatic N) is 2. The SMILES string of the molecule is COC(CN)CC(=O)Nc1cccc(-c2nccn2C)c1. The molecule has 1 atom stereocenters. The van der Waals surface area contributed by atoms with Crippen LogP contribution in [0.5, 0.6) is 0 Å². The lowest BCUT2D eigenvalue weighted by Crippen LogP contribution is -2.28. The van der Waals surface area contributed by atoms with Gasteiger partial charge >= 0.3 is 0 Å². The van der Waals surface area contributed by atoms with Crippen LogP contribution >= 0.6 is 0 Å². The van der Waals surface area contributed by atoms with E-state index in [0.29, 0.717) is 6.54 Å². The van der Waals surface area contributed by atoms with Gasteiger partial charge in [-0.15, -0.1) is 0 Å². The van der Waals surface area contributed by atoms with Gasteiger partial charge in [-0.25, -0.2) is 4.98 Å². The number of carbonyl (C=O) groups excluding carboxylic acids is 1. The first-order chi connectivity index (χ1) is 10.1. The second-order valence-corrected chi connectivity index (χ2v) is 4.79. The van der Waals surface area contributed by atoms with E-state index in [1.54, 1.807) is 13.3 Å². The minimum absolute atomic E-state index is 0.121. The van der Waals surface area contributed by atoms with E-state index in [9.17, 15) is 4.79 Å². The van der Waals surface area contributed by atoms with Gasteiger partial charge in [0, 0.05) is 44.3 Å². The van der Waals surface area contributed by atoms with Crippen molar-refractivity contribution in [2.45, 2.75) is 12.5 Å². The summed E-state index contributed by atoms with van der Waals surface area (Å²) in [6.45, 7) is 0.317. The van der Waals surface area contributed by atoms with Gasteiger partial charge in [-0.05, 0) is 12.1 Å². The van der Waals surface area contributed by atoms with Crippen molar-refractivity contribution < 1.29 is 9.53 Å². The topological polar surface area (TPSA) is 82.2 Å². The first-order valence-electron chi connectivity index (χ1n) is 6.74. The Balaban J connectivity index is 2.08. The van der Waals surface area contributed by atoms with Crippen LogP contribution in [0.25, 0.3) is 11.4 Å². The molecule has 1 aromatic heterocycles. The van der Waals surface area contributed by atoms with E-state index >= 15 is 0 Å². The molecule has 0 saturated carbocycles. The highest BCUT2D eigenvalue weighted by atomic mass is 16.5. The summed E-state index contributed by atoms with van der Waals surface area (Å²) < 4.78 is 7.03. The molecule has 2 aromatic rings. The number of carbonyl (C=O) groups is 1. The van der Waals surface area contributed by atoms with Crippen molar-refractivity contribution in [3.05, 3.63) is 36.7 Å². The lowest BCUT2D eigenvalue weighted by atomic mass is 10.1. The van der Waals surface area contributed by atoms with Gasteiger partial charge < -0.3 is 20.4 Å². The highest BCUT2D eigenvalue weighted by Gasteiger charge is 2.12. The number of hydrogen-bond acceptors (Lipinski definition) is 4. The van der Waals surface area contributed by atoms with Crippen LogP contribution in [0.3, 0.4) is 0 Å². The Morgan fingerprint density at radius 3 is 2.95 bits per heavy atom. The van der Waals surface area contributed by atoms with Crippen LogP contribution in [0.4, 0.5) is 5.69 Å². The third-order valence-corrected chi connectivity index (χ3v) is 3.24. The van der Waals surface area contributed by atoms with Gasteiger partial charge in [0.05, 0.1) is 12.5 Å². The van der Waals surface area contributed by atoms with Crippen LogP contribution in [-0.4, -0.2) is 35.2 Å². The Bertz CT molecular complexity index is 605. The fourth-order valence-electron chi connectivity index (χ4n) is 2.06. The third-order valence-electron chi connectivity index (χ3n) is 3.24. The first-order valence-corrected chi connectivity index (χ1v) is 6.74. The van der Waals surface area contributed by atoms with E-state index in [1.807, 2.05) is 42.1 Å². The molecule has 0 aliphatic carbocycles. The van der Waals surface area contributed by atoms with Gasteiger partial charge in [0.2, 0.25) is 5.91 Å². The molecule has 112 valence electrons. The van der Waals surface area contributed by atoms with Crippen LogP contribution < -0.4 is 11.1 Å². The quantitative estimate of drug-likeness (QED) is 0.841. The van der Waals surface area contributed by atoms with E-state index in [1.165, 1.54) is 0 Å². The molecule has 3 N–H and O–H groups in total. The molecule has 1 unspecified atom stereocenters. The Labute approximate surface area is 123 Å². The summed E-state index contributed by atoms with van der Waals surface area (Å²) in [7, 11) is 3.48. The number of ether oxygens (including phenoxy) is 1. The maximum atomic E-state index is 11.9. The van der Waals surface area contributed by atoms with Gasteiger partial charge in [-0.1, -0.05) is 12.1 Å². The molecule has 0 fully saturated rings. The fraction of sp³-hybridized carbons (Fsp3) is 0.333. The molecule has 1 aromatic carbocycles. The number of hydrogen-bond donors (Lipinski definition) is 2. The average Bonchev–Trinajstić information content (AvgIpc) is 2.91. The fourth-order valence-corrected chi connectivity index (χ4v) is 2.06. The summed E-state index contributed by atoms with van der Waals surface area (Å²) >= 11 is 0. The molecule has 0 spiro atoms. The summed E-state index contributed by atoms with van der Waals surface area (Å²) in [6.07, 6.45) is 3.60. The van der Waals surface area contributed by atoms with Crippen molar-refractivity contribution >= 4 is 11.6 Å². The molecule has 6 nitrogen and oxygen atoms in total. The zero-order chi connectivity index (χ0) is 15.2. The Morgan fingerprint density at radius 1 is 1.52 bits per heavy atom. The summed E-state index contributed by atoms with van der Waals surface area (Å²) in [4.78, 5) is 16.2. The standard InChI is InChI=1S/C15H20N4O2/c1-19-7-6-17-15(19)11-4-3-5-12(8-11)18-14(20)9-13(10-16)21-2/h3-8,13H,9-10,16H2,1-2H3,(H,18,20). The minimum atomic E-state index is -0.261. The predicted molar refractivity (Wildman–Crippen MR) is 81.7 cm³/mol. The molecule has 0 saturated heterocycles. The number of rotatable bonds is 6. The number of benzene rings is 1. The lowest BCUT2D eigenvalue weighted by Gasteiger charge is -2.13. The number of amides is 1. The van der Waals surface area contributed by atoms with Crippen molar-refractivity contribution in [1.82, 2.24) is 9.55 Å². The van der Waals surface area contributed by atoms with Crippen molar-refractivity contribution in [1.29, 1.82) is 0 Å². The molecule has 0 radical (unpaired) electrons. The lowest BCUT2D eigenvalue weighted by molar-refractivity contribution is -0.118. The minimum Gasteiger partial charge on any atom is -0.380 e. The highest BCUT2D eigenvalue weighted by molar-refractivity contribution is 5.91. The number of aryl methyl sites for hydroxylation is 1. The van der Waals surface area contributed by atoms with E-state index < -0.39 is 0 Å². The Hall–Kier alpha value is -2.18. The summed E-state index contributed by atoms with van der Waals surface area (Å²) in [5, 5.41) is 2.85. The maximum Gasteiger partial charge on any atom is 0.227 e. The average molecular weight is 288 g/mol. The number of methoxy groups -OCH3 is 1. The zero-order valence-corrected chi connectivity index (χ0v) is 12.2. The van der Waals surface area contributed by atoms with Crippen LogP contribution in [0.1, 0.15) is 6.42 Å². The number of nitrogens with two attached hydrogens (primary N) is 1. The number of anilines is 1. The molecule has 21 heavy (non-hydrogen) atoms. The first kappa shape index (κ1) is 15.2. The van der Waals surface area contributed by atoms with Crippen molar-refractivity contribution in [2.75, 3.05) is 19.0 Å². The number of nitrogens with one attached hydrogen (secondary N) is 1. The molecule has 0 aliphatic heterocycles. The van der Waals surface area contributed by atoms with Gasteiger partial charge in [0.15, 0.2) is 0 Å². The van der Waals surface area contributed by atoms with Gasteiger partial charge in [-0.2, -0.15) is 0 Å². The molecule has 1 amide bonds. The molecular formula is C15H20N4O2. The predicted octanol–water partition coefficient (Wildman–Crippen LogP) is 1.39. The Morgan fingerprint density at radius 2 is 2.33 bits per heavy atom. The van der Waals surface area contributed by atoms with E-state index in [-0.39, 0.29) is 18.4 Å². The van der Waals surface area contributed by atoms with Crippen LogP contribution in [0.2, 0.25) is 0 Å². The summed E-state index contributed by atoms with van der Waals surface area (Å²) in [6, 6.07) is 7.57. The molecule has 0 aliphatic rings. The zero-order valence-electron chi connectivity index (χ0n) is 12.2. The van der Waals surface area contributed by atoms with Crippen LogP contribution in [-0.2, 0) is 16.6 Å². The molecular weight excluding hydrogens is 268 g/mol. The maximum absolute atomic E-state index is 11.9. The van der Waals surface area contributed by atoms with Crippen molar-refractivity contribution in [3.8, 4) is 11.4 Å². The van der Waals surface area contributed by atoms with E-state index in [4.69, 9.17) is 10.5 Å². The van der Waals surface area contributed by atoms with E-state index in [2.05, 4.69) is 10.3 Å². The normalized spacial score (nSPS) is 12.1. The van der Waals surface area contributed by atoms with Crippen LogP contribution in [0.15, 0.2) is 36.7 Å². The summed E-state index contributed by atoms with van der Waals surface area (Å²) in [5.74, 6) is 0.729. The molecule has 6 heteroatoms. The second kappa shape index (κ2) is 7.01. The number of aromatic nitrogens is 2. The molecule has 2 rings (SSSR count). The Kier molecular flexibility index (Phi) is 5.08. The highest BCUT2D eigenvalue weighted by Crippen LogP contribution is 2.20. The van der Waals surface area contributed by atoms with E-state index in [0.717, 1.165) is 17.1 Å². The second-order valence-electron chi connectivity index (χ2n) is 4.79. The van der Waals surface area contributed by atoms with Gasteiger partial charge in [0.1, 0.15) is 5.82 Å². The van der Waals surface area contributed by atoms with Gasteiger partial charge in [-0.3, -0.25) is 4.79 Å². The smallest absolute Gasteiger partial charge is 0.227 e. The van der Waals surface area contributed by atoms with Crippen molar-refractivity contribution in [2.24, 2.45) is 12.8 Å². The summed E-state index contributed by atoms with van der Waals surface area (Å²) in [5.41, 5.74) is 7.19. The third kappa shape index (κ3) is 3.90.